The molecule has 0 saturated carbocycles. The number of allylic oxidation sites excluding steroid dienone is 1. The highest BCUT2D eigenvalue weighted by atomic mass is 35.5. The summed E-state index contributed by atoms with van der Waals surface area (Å²) in [7, 11) is 1.49. The van der Waals surface area contributed by atoms with Crippen LogP contribution in [-0.2, 0) is 4.79 Å². The van der Waals surface area contributed by atoms with Crippen LogP contribution in [0.25, 0.3) is 10.9 Å². The quantitative estimate of drug-likeness (QED) is 0.437. The van der Waals surface area contributed by atoms with E-state index in [0.29, 0.717) is 33.8 Å². The van der Waals surface area contributed by atoms with Gasteiger partial charge in [-0.1, -0.05) is 17.7 Å². The molecule has 0 aliphatic rings. The average Bonchev–Trinajstić information content (AvgIpc) is 2.69. The maximum atomic E-state index is 13.4. The number of fused-ring (bicyclic) bond motifs is 1. The van der Waals surface area contributed by atoms with E-state index < -0.39 is 5.82 Å². The van der Waals surface area contributed by atoms with Crippen molar-refractivity contribution >= 4 is 57.2 Å². The van der Waals surface area contributed by atoms with Gasteiger partial charge in [0, 0.05) is 29.1 Å². The molecular formula is C19H15Cl2FN4O2. The molecule has 28 heavy (non-hydrogen) atoms. The van der Waals surface area contributed by atoms with E-state index in [9.17, 15) is 9.18 Å². The Morgan fingerprint density at radius 1 is 1.29 bits per heavy atom. The summed E-state index contributed by atoms with van der Waals surface area (Å²) in [6.07, 6.45) is 4.24. The third-order valence-electron chi connectivity index (χ3n) is 3.76. The lowest BCUT2D eigenvalue weighted by molar-refractivity contribution is -0.111. The Morgan fingerprint density at radius 2 is 2.11 bits per heavy atom. The molecule has 2 N–H and O–H groups in total. The van der Waals surface area contributed by atoms with Gasteiger partial charge in [0.25, 0.3) is 0 Å². The molecule has 0 unspecified atom stereocenters. The summed E-state index contributed by atoms with van der Waals surface area (Å²) in [5.74, 6) is 0.260. The van der Waals surface area contributed by atoms with Gasteiger partial charge < -0.3 is 15.4 Å². The Bertz CT molecular complexity index is 1060. The largest absolute Gasteiger partial charge is 0.494 e. The summed E-state index contributed by atoms with van der Waals surface area (Å²) < 4.78 is 18.7. The lowest BCUT2D eigenvalue weighted by atomic mass is 10.1. The highest BCUT2D eigenvalue weighted by Gasteiger charge is 2.12. The van der Waals surface area contributed by atoms with E-state index in [0.717, 1.165) is 0 Å². The molecule has 0 fully saturated rings. The van der Waals surface area contributed by atoms with Crippen LogP contribution in [-0.4, -0.2) is 28.9 Å². The lowest BCUT2D eigenvalue weighted by Crippen LogP contribution is -2.09. The number of aromatic nitrogens is 2. The van der Waals surface area contributed by atoms with Gasteiger partial charge in [0.1, 0.15) is 23.7 Å². The number of hydrogen-bond donors (Lipinski definition) is 2. The fraction of sp³-hybridized carbons (Fsp3) is 0.105. The van der Waals surface area contributed by atoms with Crippen molar-refractivity contribution in [3.8, 4) is 5.75 Å². The fourth-order valence-electron chi connectivity index (χ4n) is 2.49. The Kier molecular flexibility index (Phi) is 6.28. The first-order valence-corrected chi connectivity index (χ1v) is 9.01. The Labute approximate surface area is 170 Å². The van der Waals surface area contributed by atoms with Crippen LogP contribution in [0.2, 0.25) is 5.02 Å². The molecule has 0 atom stereocenters. The number of benzene rings is 2. The zero-order valence-corrected chi connectivity index (χ0v) is 16.2. The number of carbonyl (C=O) groups is 1. The predicted octanol–water partition coefficient (Wildman–Crippen LogP) is 4.91. The molecule has 1 amide bonds. The molecule has 3 aromatic rings. The molecular weight excluding hydrogens is 406 g/mol. The monoisotopic (exact) mass is 420 g/mol. The third kappa shape index (κ3) is 4.49. The van der Waals surface area contributed by atoms with Crippen molar-refractivity contribution < 1.29 is 13.9 Å². The van der Waals surface area contributed by atoms with Gasteiger partial charge in [-0.2, -0.15) is 0 Å². The smallest absolute Gasteiger partial charge is 0.248 e. The van der Waals surface area contributed by atoms with Crippen LogP contribution in [0.15, 0.2) is 48.8 Å². The predicted molar refractivity (Wildman–Crippen MR) is 109 cm³/mol. The van der Waals surface area contributed by atoms with E-state index in [2.05, 4.69) is 20.6 Å². The van der Waals surface area contributed by atoms with Crippen LogP contribution in [0.3, 0.4) is 0 Å². The number of nitrogens with one attached hydrogen (secondary N) is 2. The topological polar surface area (TPSA) is 76.1 Å². The zero-order valence-electron chi connectivity index (χ0n) is 14.7. The fourth-order valence-corrected chi connectivity index (χ4v) is 2.76. The van der Waals surface area contributed by atoms with E-state index in [4.69, 9.17) is 27.9 Å². The second kappa shape index (κ2) is 8.86. The van der Waals surface area contributed by atoms with E-state index >= 15 is 0 Å². The van der Waals surface area contributed by atoms with Crippen LogP contribution >= 0.6 is 23.2 Å². The summed E-state index contributed by atoms with van der Waals surface area (Å²) in [4.78, 5) is 20.5. The van der Waals surface area contributed by atoms with Crippen LogP contribution in [0.4, 0.5) is 21.6 Å². The van der Waals surface area contributed by atoms with Gasteiger partial charge in [-0.3, -0.25) is 4.79 Å². The molecule has 0 saturated heterocycles. The minimum atomic E-state index is -0.514. The zero-order chi connectivity index (χ0) is 20.1. The first kappa shape index (κ1) is 19.9. The van der Waals surface area contributed by atoms with Crippen LogP contribution in [0.1, 0.15) is 0 Å². The summed E-state index contributed by atoms with van der Waals surface area (Å²) in [5, 5.41) is 6.43. The second-order valence-electron chi connectivity index (χ2n) is 5.59. The molecule has 3 rings (SSSR count). The van der Waals surface area contributed by atoms with Crippen molar-refractivity contribution in [2.24, 2.45) is 0 Å². The first-order chi connectivity index (χ1) is 13.5. The molecule has 2 aromatic carbocycles. The summed E-state index contributed by atoms with van der Waals surface area (Å²) in [6, 6.07) is 7.62. The molecule has 0 aliphatic carbocycles. The van der Waals surface area contributed by atoms with Gasteiger partial charge in [0.2, 0.25) is 5.91 Å². The lowest BCUT2D eigenvalue weighted by Gasteiger charge is -2.13. The first-order valence-electron chi connectivity index (χ1n) is 8.10. The normalized spacial score (nSPS) is 11.0. The van der Waals surface area contributed by atoms with Gasteiger partial charge in [-0.05, 0) is 24.3 Å². The highest BCUT2D eigenvalue weighted by molar-refractivity contribution is 6.31. The van der Waals surface area contributed by atoms with Gasteiger partial charge in [-0.25, -0.2) is 14.4 Å². The molecule has 1 aromatic heterocycles. The van der Waals surface area contributed by atoms with Crippen molar-refractivity contribution in [3.63, 3.8) is 0 Å². The number of hydrogen-bond acceptors (Lipinski definition) is 5. The van der Waals surface area contributed by atoms with Crippen molar-refractivity contribution in [2.75, 3.05) is 23.6 Å². The van der Waals surface area contributed by atoms with Crippen molar-refractivity contribution in [1.82, 2.24) is 9.97 Å². The molecule has 0 aliphatic heterocycles. The maximum absolute atomic E-state index is 13.4. The Morgan fingerprint density at radius 3 is 2.82 bits per heavy atom. The number of rotatable bonds is 6. The van der Waals surface area contributed by atoms with E-state index in [1.165, 1.54) is 43.8 Å². The van der Waals surface area contributed by atoms with Crippen LogP contribution in [0.5, 0.6) is 5.75 Å². The summed E-state index contributed by atoms with van der Waals surface area (Å²) in [5.41, 5.74) is 1.59. The Hall–Kier alpha value is -2.90. The standard InChI is InChI=1S/C19H15Cl2FN4O2/c1-28-17-9-15-12(8-16(17)26-18(27)3-2-6-20)19(24-10-23-15)25-11-4-5-14(22)13(21)7-11/h2-5,7-10H,6H2,1H3,(H,26,27)(H,23,24,25)/b3-2+. The number of anilines is 3. The van der Waals surface area contributed by atoms with Crippen molar-refractivity contribution in [1.29, 1.82) is 0 Å². The van der Waals surface area contributed by atoms with Gasteiger partial charge >= 0.3 is 0 Å². The van der Waals surface area contributed by atoms with Crippen molar-refractivity contribution in [3.05, 3.63) is 59.7 Å². The summed E-state index contributed by atoms with van der Waals surface area (Å²) >= 11 is 11.4. The molecule has 144 valence electrons. The number of alkyl halides is 1. The number of carbonyl (C=O) groups excluding carboxylic acids is 1. The van der Waals surface area contributed by atoms with Gasteiger partial charge in [-0.15, -0.1) is 11.6 Å². The van der Waals surface area contributed by atoms with Crippen molar-refractivity contribution in [2.45, 2.75) is 0 Å². The molecule has 0 spiro atoms. The van der Waals surface area contributed by atoms with Crippen LogP contribution in [0, 0.1) is 5.82 Å². The average molecular weight is 421 g/mol. The minimum Gasteiger partial charge on any atom is -0.494 e. The number of methoxy groups -OCH3 is 1. The third-order valence-corrected chi connectivity index (χ3v) is 4.22. The van der Waals surface area contributed by atoms with Gasteiger partial charge in [0.15, 0.2) is 0 Å². The second-order valence-corrected chi connectivity index (χ2v) is 6.31. The molecule has 0 radical (unpaired) electrons. The highest BCUT2D eigenvalue weighted by Crippen LogP contribution is 2.33. The minimum absolute atomic E-state index is 0.0101. The van der Waals surface area contributed by atoms with E-state index in [1.807, 2.05) is 0 Å². The number of ether oxygens (including phenoxy) is 1. The van der Waals surface area contributed by atoms with E-state index in [-0.39, 0.29) is 16.8 Å². The van der Waals surface area contributed by atoms with Gasteiger partial charge in [0.05, 0.1) is 23.3 Å². The maximum Gasteiger partial charge on any atom is 0.248 e. The van der Waals surface area contributed by atoms with Crippen LogP contribution < -0.4 is 15.4 Å². The summed E-state index contributed by atoms with van der Waals surface area (Å²) in [6.45, 7) is 0. The number of nitrogens with zero attached hydrogens (tertiary/aromatic N) is 2. The number of halogens is 3. The molecule has 0 bridgehead atoms. The molecule has 9 heteroatoms. The SMILES string of the molecule is COc1cc2ncnc(Nc3ccc(F)c(Cl)c3)c2cc1NC(=O)/C=C/CCl. The van der Waals surface area contributed by atoms with E-state index in [1.54, 1.807) is 12.1 Å². The number of amides is 1. The molecule has 6 nitrogen and oxygen atoms in total. The molecule has 1 heterocycles. The Balaban J connectivity index is 2.01.